The van der Waals surface area contributed by atoms with Gasteiger partial charge in [-0.1, -0.05) is 0 Å². The van der Waals surface area contributed by atoms with Crippen LogP contribution in [0.3, 0.4) is 0 Å². The predicted molar refractivity (Wildman–Crippen MR) is 56.6 cm³/mol. The Labute approximate surface area is 94.3 Å². The molecule has 2 N–H and O–H groups in total. The van der Waals surface area contributed by atoms with Gasteiger partial charge in [0.2, 0.25) is 0 Å². The molecule has 0 rings (SSSR count). The largest absolute Gasteiger partial charge is 0.468 e. The van der Waals surface area contributed by atoms with Crippen LogP contribution < -0.4 is 5.73 Å². The molecule has 13 heavy (non-hydrogen) atoms. The van der Waals surface area contributed by atoms with Gasteiger partial charge in [0, 0.05) is 0 Å². The van der Waals surface area contributed by atoms with Crippen LogP contribution in [0.4, 0.5) is 0 Å². The molecule has 0 radical (unpaired) electrons. The second kappa shape index (κ2) is 6.71. The molecule has 0 heterocycles. The van der Waals surface area contributed by atoms with E-state index in [9.17, 15) is 4.79 Å². The second-order valence-corrected chi connectivity index (χ2v) is 4.12. The van der Waals surface area contributed by atoms with Gasteiger partial charge < -0.3 is 10.5 Å². The van der Waals surface area contributed by atoms with E-state index < -0.39 is 16.3 Å². The Balaban J connectivity index is 0. The maximum absolute atomic E-state index is 11.0. The topological polar surface area (TPSA) is 52.3 Å². The molecule has 0 aliphatic carbocycles. The number of halogens is 3. The Bertz CT molecular complexity index is 162. The first-order valence-corrected chi connectivity index (χ1v) is 4.43. The highest BCUT2D eigenvalue weighted by molar-refractivity contribution is 6.44. The molecule has 0 aromatic carbocycles. The summed E-state index contributed by atoms with van der Waals surface area (Å²) in [4.78, 5) is 10.5. The summed E-state index contributed by atoms with van der Waals surface area (Å²) in [6.07, 6.45) is 0.891. The zero-order chi connectivity index (χ0) is 9.78. The van der Waals surface area contributed by atoms with Crippen molar-refractivity contribution in [1.29, 1.82) is 0 Å². The fourth-order valence-electron chi connectivity index (χ4n) is 0.744. The van der Waals surface area contributed by atoms with Gasteiger partial charge in [0.05, 0.1) is 7.11 Å². The van der Waals surface area contributed by atoms with Crippen molar-refractivity contribution in [3.8, 4) is 0 Å². The molecule has 0 saturated heterocycles. The fourth-order valence-corrected chi connectivity index (χ4v) is 0.962. The summed E-state index contributed by atoms with van der Waals surface area (Å²) in [5, 5.41) is 0. The molecule has 0 aliphatic heterocycles. The fraction of sp³-hybridized carbons (Fsp3) is 0.857. The molecule has 0 bridgehead atoms. The molecule has 0 aliphatic rings. The monoisotopic (exact) mass is 249 g/mol. The van der Waals surface area contributed by atoms with Gasteiger partial charge >= 0.3 is 5.97 Å². The summed E-state index contributed by atoms with van der Waals surface area (Å²) < 4.78 is 4.50. The maximum Gasteiger partial charge on any atom is 0.325 e. The molecule has 0 saturated carbocycles. The number of carbonyl (C=O) groups is 1. The molecule has 0 fully saturated rings. The number of hydrogen-bond acceptors (Lipinski definition) is 3. The van der Waals surface area contributed by atoms with Crippen molar-refractivity contribution in [3.05, 3.63) is 0 Å². The lowest BCUT2D eigenvalue weighted by molar-refractivity contribution is -0.146. The zero-order valence-electron chi connectivity index (χ0n) is 7.55. The third kappa shape index (κ3) is 6.38. The van der Waals surface area contributed by atoms with Crippen molar-refractivity contribution < 1.29 is 9.53 Å². The van der Waals surface area contributed by atoms with Gasteiger partial charge in [0.25, 0.3) is 0 Å². The van der Waals surface area contributed by atoms with Crippen LogP contribution in [-0.2, 0) is 9.53 Å². The summed E-state index contributed by atoms with van der Waals surface area (Å²) in [6, 6.07) is 0. The van der Waals surface area contributed by atoms with Crippen LogP contribution in [0.2, 0.25) is 0 Å². The Kier molecular flexibility index (Phi) is 8.13. The quantitative estimate of drug-likeness (QED) is 0.612. The number of nitrogens with two attached hydrogens (primary N) is 1. The molecule has 0 aromatic rings. The summed E-state index contributed by atoms with van der Waals surface area (Å²) in [5.74, 6) is -0.448. The van der Waals surface area contributed by atoms with Crippen LogP contribution in [-0.4, -0.2) is 23.5 Å². The predicted octanol–water partition coefficient (Wildman–Crippen LogP) is 1.88. The van der Waals surface area contributed by atoms with Gasteiger partial charge in [-0.15, -0.1) is 35.6 Å². The molecule has 0 spiro atoms. The van der Waals surface area contributed by atoms with Crippen molar-refractivity contribution in [3.63, 3.8) is 0 Å². The Hall–Kier alpha value is 0.300. The third-order valence-corrected chi connectivity index (χ3v) is 1.97. The van der Waals surface area contributed by atoms with E-state index in [1.165, 1.54) is 7.11 Å². The Morgan fingerprint density at radius 1 is 1.62 bits per heavy atom. The first-order chi connectivity index (χ1) is 5.40. The van der Waals surface area contributed by atoms with Gasteiger partial charge in [-0.05, 0) is 19.8 Å². The lowest BCUT2D eigenvalue weighted by Crippen LogP contribution is -2.45. The zero-order valence-corrected chi connectivity index (χ0v) is 9.88. The van der Waals surface area contributed by atoms with Gasteiger partial charge in [-0.2, -0.15) is 0 Å². The number of hydrogen-bond donors (Lipinski definition) is 1. The van der Waals surface area contributed by atoms with Crippen LogP contribution in [0.1, 0.15) is 19.8 Å². The standard InChI is InChI=1S/C7H13Cl2NO2.ClH/c1-7(10,6(11)12-2)4-3-5(8)9;/h5H,3-4,10H2,1-2H3;1H/t7-;/m0./s1. The third-order valence-electron chi connectivity index (χ3n) is 1.53. The first-order valence-electron chi connectivity index (χ1n) is 3.55. The summed E-state index contributed by atoms with van der Waals surface area (Å²) >= 11 is 11.0. The number of carbonyl (C=O) groups excluding carboxylic acids is 1. The lowest BCUT2D eigenvalue weighted by atomic mass is 9.98. The Morgan fingerprint density at radius 2 is 2.08 bits per heavy atom. The first kappa shape index (κ1) is 15.8. The summed E-state index contributed by atoms with van der Waals surface area (Å²) in [6.45, 7) is 1.59. The van der Waals surface area contributed by atoms with Crippen LogP contribution in [0.15, 0.2) is 0 Å². The van der Waals surface area contributed by atoms with E-state index in [1.807, 2.05) is 0 Å². The van der Waals surface area contributed by atoms with Crippen molar-refractivity contribution >= 4 is 41.6 Å². The highest BCUT2D eigenvalue weighted by Gasteiger charge is 2.29. The van der Waals surface area contributed by atoms with E-state index in [0.717, 1.165) is 0 Å². The average molecular weight is 251 g/mol. The van der Waals surface area contributed by atoms with Crippen LogP contribution in [0.25, 0.3) is 0 Å². The average Bonchev–Trinajstić information content (AvgIpc) is 1.99. The van der Waals surface area contributed by atoms with Gasteiger partial charge in [0.1, 0.15) is 10.4 Å². The van der Waals surface area contributed by atoms with Crippen molar-refractivity contribution in [1.82, 2.24) is 0 Å². The Morgan fingerprint density at radius 3 is 2.38 bits per heavy atom. The molecule has 0 aromatic heterocycles. The summed E-state index contributed by atoms with van der Waals surface area (Å²) in [5.41, 5.74) is 4.64. The van der Waals surface area contributed by atoms with Gasteiger partial charge in [-0.25, -0.2) is 0 Å². The minimum atomic E-state index is -0.989. The molecular formula is C7H14Cl3NO2. The maximum atomic E-state index is 11.0. The van der Waals surface area contributed by atoms with E-state index in [4.69, 9.17) is 28.9 Å². The number of alkyl halides is 2. The van der Waals surface area contributed by atoms with E-state index in [2.05, 4.69) is 4.74 Å². The lowest BCUT2D eigenvalue weighted by Gasteiger charge is -2.21. The van der Waals surface area contributed by atoms with Crippen LogP contribution >= 0.6 is 35.6 Å². The molecule has 3 nitrogen and oxygen atoms in total. The molecule has 6 heteroatoms. The number of ether oxygens (including phenoxy) is 1. The smallest absolute Gasteiger partial charge is 0.325 e. The van der Waals surface area contributed by atoms with E-state index >= 15 is 0 Å². The normalized spacial score (nSPS) is 14.6. The molecule has 0 unspecified atom stereocenters. The minimum absolute atomic E-state index is 0. The van der Waals surface area contributed by atoms with Gasteiger partial charge in [0.15, 0.2) is 0 Å². The van der Waals surface area contributed by atoms with E-state index in [-0.39, 0.29) is 12.4 Å². The van der Waals surface area contributed by atoms with Crippen LogP contribution in [0, 0.1) is 0 Å². The van der Waals surface area contributed by atoms with Crippen LogP contribution in [0.5, 0.6) is 0 Å². The summed E-state index contributed by atoms with van der Waals surface area (Å²) in [7, 11) is 1.30. The highest BCUT2D eigenvalue weighted by Crippen LogP contribution is 2.17. The molecule has 0 amide bonds. The van der Waals surface area contributed by atoms with Crippen molar-refractivity contribution in [2.24, 2.45) is 5.73 Å². The highest BCUT2D eigenvalue weighted by atomic mass is 35.5. The van der Waals surface area contributed by atoms with Crippen molar-refractivity contribution in [2.45, 2.75) is 30.1 Å². The number of esters is 1. The number of rotatable bonds is 4. The molecule has 1 atom stereocenters. The van der Waals surface area contributed by atoms with Gasteiger partial charge in [-0.3, -0.25) is 4.79 Å². The van der Waals surface area contributed by atoms with E-state index in [1.54, 1.807) is 6.92 Å². The molecule has 80 valence electrons. The minimum Gasteiger partial charge on any atom is -0.468 e. The van der Waals surface area contributed by atoms with Crippen molar-refractivity contribution in [2.75, 3.05) is 7.11 Å². The van der Waals surface area contributed by atoms with E-state index in [0.29, 0.717) is 12.8 Å². The second-order valence-electron chi connectivity index (χ2n) is 2.84. The number of methoxy groups -OCH3 is 1. The SMILES string of the molecule is COC(=O)[C@@](C)(N)CCC(Cl)Cl.Cl. The molecular weight excluding hydrogens is 236 g/mol.